The molecule has 0 radical (unpaired) electrons. The molecule has 4 heteroatoms. The van der Waals surface area contributed by atoms with E-state index in [1.54, 1.807) is 6.08 Å². The maximum Gasteiger partial charge on any atom is 0.220 e. The van der Waals surface area contributed by atoms with E-state index in [0.717, 1.165) is 32.1 Å². The van der Waals surface area contributed by atoms with Crippen LogP contribution in [0.3, 0.4) is 0 Å². The lowest BCUT2D eigenvalue weighted by Crippen LogP contribution is -2.45. The molecule has 2 atom stereocenters. The molecule has 0 rings (SSSR count). The van der Waals surface area contributed by atoms with Crippen LogP contribution in [0.15, 0.2) is 24.3 Å². The van der Waals surface area contributed by atoms with Crippen LogP contribution < -0.4 is 5.32 Å². The summed E-state index contributed by atoms with van der Waals surface area (Å²) in [6, 6.07) is -0.633. The van der Waals surface area contributed by atoms with Gasteiger partial charge in [0.2, 0.25) is 5.91 Å². The Kier molecular flexibility index (Phi) is 47.3. The molecule has 0 aromatic carbocycles. The second kappa shape index (κ2) is 48.2. The molecule has 1 amide bonds. The van der Waals surface area contributed by atoms with Gasteiger partial charge in [-0.05, 0) is 25.7 Å². The molecule has 3 N–H and O–H groups in total. The molecule has 0 saturated carbocycles. The lowest BCUT2D eigenvalue weighted by Gasteiger charge is -2.19. The number of rotatable bonds is 47. The minimum Gasteiger partial charge on any atom is -0.394 e. The van der Waals surface area contributed by atoms with Gasteiger partial charge in [0.05, 0.1) is 18.8 Å². The highest BCUT2D eigenvalue weighted by Crippen LogP contribution is 2.17. The number of nitrogens with one attached hydrogen (secondary N) is 1. The van der Waals surface area contributed by atoms with Gasteiger partial charge >= 0.3 is 0 Å². The molecule has 0 aliphatic carbocycles. The van der Waals surface area contributed by atoms with Crippen molar-refractivity contribution in [1.82, 2.24) is 5.32 Å². The summed E-state index contributed by atoms with van der Waals surface area (Å²) in [5.41, 5.74) is 0. The summed E-state index contributed by atoms with van der Waals surface area (Å²) >= 11 is 0. The van der Waals surface area contributed by atoms with Gasteiger partial charge in [0.25, 0.3) is 0 Å². The van der Waals surface area contributed by atoms with Crippen molar-refractivity contribution in [3.8, 4) is 0 Å². The molecule has 2 unspecified atom stereocenters. The second-order valence-corrected chi connectivity index (χ2v) is 17.6. The first-order valence-electron chi connectivity index (χ1n) is 25.6. The molecule has 0 aromatic heterocycles. The summed E-state index contributed by atoms with van der Waals surface area (Å²) in [5.74, 6) is -0.0727. The Morgan fingerprint density at radius 2 is 0.696 bits per heavy atom. The van der Waals surface area contributed by atoms with Crippen molar-refractivity contribution in [2.24, 2.45) is 0 Å². The van der Waals surface area contributed by atoms with Crippen LogP contribution >= 0.6 is 0 Å². The van der Waals surface area contributed by atoms with Crippen LogP contribution in [0.2, 0.25) is 0 Å². The van der Waals surface area contributed by atoms with E-state index in [-0.39, 0.29) is 12.5 Å². The fourth-order valence-electron chi connectivity index (χ4n) is 8.01. The molecule has 0 fully saturated rings. The van der Waals surface area contributed by atoms with E-state index in [4.69, 9.17) is 0 Å². The molecule has 56 heavy (non-hydrogen) atoms. The Bertz CT molecular complexity index is 810. The third-order valence-corrected chi connectivity index (χ3v) is 11.9. The minimum atomic E-state index is -0.856. The highest BCUT2D eigenvalue weighted by Gasteiger charge is 2.17. The number of hydrogen-bond acceptors (Lipinski definition) is 3. The van der Waals surface area contributed by atoms with Crippen LogP contribution in [0.1, 0.15) is 284 Å². The van der Waals surface area contributed by atoms with Crippen molar-refractivity contribution < 1.29 is 15.0 Å². The number of carbonyl (C=O) groups is 1. The summed E-state index contributed by atoms with van der Waals surface area (Å²) in [4.78, 5) is 12.3. The van der Waals surface area contributed by atoms with E-state index in [2.05, 4.69) is 31.3 Å². The number of amides is 1. The van der Waals surface area contributed by atoms with E-state index in [1.807, 2.05) is 6.08 Å². The van der Waals surface area contributed by atoms with Gasteiger partial charge in [0.1, 0.15) is 0 Å². The molecular formula is C52H101NO3. The smallest absolute Gasteiger partial charge is 0.220 e. The normalized spacial score (nSPS) is 13.0. The van der Waals surface area contributed by atoms with Crippen LogP contribution in [0.4, 0.5) is 0 Å². The summed E-state index contributed by atoms with van der Waals surface area (Å²) < 4.78 is 0. The maximum atomic E-state index is 12.3. The standard InChI is InChI=1S/C52H101NO3/c1-3-5-7-9-11-13-14-15-16-17-18-19-20-21-22-23-24-25-26-27-28-29-30-31-32-33-34-35-36-37-38-39-40-42-44-46-48-52(56)53-50(49-54)51(55)47-45-43-41-12-10-8-6-4-2/h10,12,45,47,50-51,54-55H,3-9,11,13-44,46,48-49H2,1-2H3,(H,53,56)/b12-10+,47-45+. The Labute approximate surface area is 351 Å². The Morgan fingerprint density at radius 3 is 1.02 bits per heavy atom. The largest absolute Gasteiger partial charge is 0.394 e. The van der Waals surface area contributed by atoms with Crippen LogP contribution in [0.5, 0.6) is 0 Å². The van der Waals surface area contributed by atoms with Crippen molar-refractivity contribution >= 4 is 5.91 Å². The molecule has 0 aromatic rings. The highest BCUT2D eigenvalue weighted by molar-refractivity contribution is 5.76. The third-order valence-electron chi connectivity index (χ3n) is 11.9. The molecule has 0 heterocycles. The van der Waals surface area contributed by atoms with Gasteiger partial charge in [0.15, 0.2) is 0 Å². The first-order chi connectivity index (χ1) is 27.7. The molecule has 332 valence electrons. The summed E-state index contributed by atoms with van der Waals surface area (Å²) in [6.45, 7) is 4.24. The van der Waals surface area contributed by atoms with Gasteiger partial charge in [0, 0.05) is 6.42 Å². The monoisotopic (exact) mass is 788 g/mol. The van der Waals surface area contributed by atoms with Gasteiger partial charge in [-0.25, -0.2) is 0 Å². The molecule has 4 nitrogen and oxygen atoms in total. The number of carbonyl (C=O) groups excluding carboxylic acids is 1. The van der Waals surface area contributed by atoms with Crippen molar-refractivity contribution in [3.63, 3.8) is 0 Å². The van der Waals surface area contributed by atoms with Crippen LogP contribution in [0, 0.1) is 0 Å². The predicted molar refractivity (Wildman–Crippen MR) is 249 cm³/mol. The first kappa shape index (κ1) is 54.9. The number of hydrogen-bond donors (Lipinski definition) is 3. The molecule has 0 bridgehead atoms. The van der Waals surface area contributed by atoms with E-state index in [9.17, 15) is 15.0 Å². The van der Waals surface area contributed by atoms with Crippen LogP contribution in [-0.2, 0) is 4.79 Å². The molecule has 0 aliphatic rings. The molecule has 0 aliphatic heterocycles. The molecule has 0 saturated heterocycles. The lowest BCUT2D eigenvalue weighted by atomic mass is 10.0. The van der Waals surface area contributed by atoms with Gasteiger partial charge in [-0.1, -0.05) is 276 Å². The Balaban J connectivity index is 3.32. The van der Waals surface area contributed by atoms with E-state index < -0.39 is 12.1 Å². The SMILES string of the molecule is CCCC/C=C/CC/C=C/C(O)C(CO)NC(=O)CCCCCCCCCCCCCCCCCCCCCCCCCCCCCCCCCCCCCC. The van der Waals surface area contributed by atoms with Crippen molar-refractivity contribution in [3.05, 3.63) is 24.3 Å². The van der Waals surface area contributed by atoms with Crippen LogP contribution in [-0.4, -0.2) is 34.9 Å². The van der Waals surface area contributed by atoms with Gasteiger partial charge in [-0.2, -0.15) is 0 Å². The zero-order chi connectivity index (χ0) is 40.7. The third kappa shape index (κ3) is 44.0. The van der Waals surface area contributed by atoms with Gasteiger partial charge in [-0.15, -0.1) is 0 Å². The van der Waals surface area contributed by atoms with Crippen molar-refractivity contribution in [2.45, 2.75) is 296 Å². The van der Waals surface area contributed by atoms with Crippen molar-refractivity contribution in [1.29, 1.82) is 0 Å². The highest BCUT2D eigenvalue weighted by atomic mass is 16.3. The zero-order valence-electron chi connectivity index (χ0n) is 38.2. The number of unbranched alkanes of at least 4 members (excludes halogenated alkanes) is 38. The fraction of sp³-hybridized carbons (Fsp3) is 0.904. The average molecular weight is 788 g/mol. The average Bonchev–Trinajstić information content (AvgIpc) is 3.20. The van der Waals surface area contributed by atoms with Gasteiger partial charge < -0.3 is 15.5 Å². The quantitative estimate of drug-likeness (QED) is 0.0425. The number of allylic oxidation sites excluding steroid dienone is 3. The summed E-state index contributed by atoms with van der Waals surface area (Å²) in [5, 5.41) is 22.8. The first-order valence-corrected chi connectivity index (χ1v) is 25.6. The number of aliphatic hydroxyl groups excluding tert-OH is 2. The fourth-order valence-corrected chi connectivity index (χ4v) is 8.01. The Morgan fingerprint density at radius 1 is 0.411 bits per heavy atom. The van der Waals surface area contributed by atoms with E-state index in [1.165, 1.54) is 231 Å². The number of aliphatic hydroxyl groups is 2. The topological polar surface area (TPSA) is 69.6 Å². The Hall–Kier alpha value is -1.13. The van der Waals surface area contributed by atoms with Gasteiger partial charge in [-0.3, -0.25) is 4.79 Å². The second-order valence-electron chi connectivity index (χ2n) is 17.6. The summed E-state index contributed by atoms with van der Waals surface area (Å²) in [7, 11) is 0. The predicted octanol–water partition coefficient (Wildman–Crippen LogP) is 16.4. The minimum absolute atomic E-state index is 0.0727. The lowest BCUT2D eigenvalue weighted by molar-refractivity contribution is -0.123. The van der Waals surface area contributed by atoms with Crippen molar-refractivity contribution in [2.75, 3.05) is 6.61 Å². The maximum absolute atomic E-state index is 12.3. The molecule has 0 spiro atoms. The van der Waals surface area contributed by atoms with E-state index >= 15 is 0 Å². The molecular weight excluding hydrogens is 687 g/mol. The summed E-state index contributed by atoms with van der Waals surface area (Å²) in [6.07, 6.45) is 63.6. The van der Waals surface area contributed by atoms with E-state index in [0.29, 0.717) is 6.42 Å². The zero-order valence-corrected chi connectivity index (χ0v) is 38.2. The van der Waals surface area contributed by atoms with Crippen LogP contribution in [0.25, 0.3) is 0 Å².